The van der Waals surface area contributed by atoms with Crippen molar-refractivity contribution in [2.45, 2.75) is 75.8 Å². The van der Waals surface area contributed by atoms with E-state index in [9.17, 15) is 0 Å². The molecular weight excluding hydrogens is 396 g/mol. The molecule has 0 spiro atoms. The molecule has 32 heavy (non-hydrogen) atoms. The maximum absolute atomic E-state index is 5.00. The number of hydrogen-bond acceptors (Lipinski definition) is 5. The predicted octanol–water partition coefficient (Wildman–Crippen LogP) is 4.27. The highest BCUT2D eigenvalue weighted by atomic mass is 15.3. The zero-order valence-electron chi connectivity index (χ0n) is 19.4. The summed E-state index contributed by atoms with van der Waals surface area (Å²) in [7, 11) is 0. The molecule has 0 atom stereocenters. The van der Waals surface area contributed by atoms with Crippen LogP contribution in [0.5, 0.6) is 0 Å². The topological polar surface area (TPSA) is 51.3 Å². The van der Waals surface area contributed by atoms with E-state index in [1.165, 1.54) is 83.1 Å². The molecule has 0 aromatic carbocycles. The van der Waals surface area contributed by atoms with Gasteiger partial charge >= 0.3 is 0 Å². The third kappa shape index (κ3) is 4.44. The van der Waals surface area contributed by atoms with Crippen LogP contribution in [0.15, 0.2) is 24.4 Å². The van der Waals surface area contributed by atoms with E-state index in [0.717, 1.165) is 49.1 Å². The van der Waals surface area contributed by atoms with Gasteiger partial charge in [0.25, 0.3) is 0 Å². The number of imidazole rings is 1. The van der Waals surface area contributed by atoms with Crippen molar-refractivity contribution >= 4 is 5.82 Å². The number of H-pyrrole nitrogens is 1. The molecule has 0 radical (unpaired) electrons. The fraction of sp³-hybridized carbons (Fsp3) is 0.692. The Balaban J connectivity index is 1.06. The first kappa shape index (κ1) is 20.7. The summed E-state index contributed by atoms with van der Waals surface area (Å²) in [4.78, 5) is 21.2. The number of hydrogen-bond donors (Lipinski definition) is 1. The molecule has 6 rings (SSSR count). The fourth-order valence-electron chi connectivity index (χ4n) is 6.23. The molecule has 0 bridgehead atoms. The molecule has 4 heterocycles. The molecule has 2 saturated carbocycles. The molecule has 4 fully saturated rings. The standard InChI is InChI=1S/C26H38N6/c1-2-14-30(13-1)21-9-11-22(12-10-21)31-15-4-16-32(18-17-31)25-6-3-5-23(28-25)26-27-19-24(29-26)20-7-8-20/h3,5-6,19-22H,1-2,4,7-18H2,(H,27,29). The number of anilines is 1. The van der Waals surface area contributed by atoms with E-state index < -0.39 is 0 Å². The Morgan fingerprint density at radius 3 is 2.22 bits per heavy atom. The first-order valence-electron chi connectivity index (χ1n) is 13.1. The van der Waals surface area contributed by atoms with Crippen LogP contribution in [-0.2, 0) is 0 Å². The lowest BCUT2D eigenvalue weighted by Gasteiger charge is -2.39. The van der Waals surface area contributed by atoms with Crippen molar-refractivity contribution in [3.05, 3.63) is 30.1 Å². The Hall–Kier alpha value is -1.92. The van der Waals surface area contributed by atoms with E-state index >= 15 is 0 Å². The lowest BCUT2D eigenvalue weighted by Crippen LogP contribution is -2.44. The third-order valence-corrected chi connectivity index (χ3v) is 8.28. The SMILES string of the molecule is c1cc(-c2ncc(C3CC3)[nH]2)nc(N2CCCN(C3CCC(N4CCCC4)CC3)CC2)c1. The molecule has 2 saturated heterocycles. The van der Waals surface area contributed by atoms with Crippen LogP contribution in [0.1, 0.15) is 69.4 Å². The van der Waals surface area contributed by atoms with Gasteiger partial charge in [0.1, 0.15) is 11.5 Å². The van der Waals surface area contributed by atoms with Crippen LogP contribution in [0.25, 0.3) is 11.5 Å². The van der Waals surface area contributed by atoms with Crippen LogP contribution in [0, 0.1) is 0 Å². The molecule has 6 heteroatoms. The van der Waals surface area contributed by atoms with Gasteiger partial charge in [0.15, 0.2) is 5.82 Å². The van der Waals surface area contributed by atoms with Crippen molar-refractivity contribution in [1.82, 2.24) is 24.8 Å². The molecule has 4 aliphatic rings. The summed E-state index contributed by atoms with van der Waals surface area (Å²) < 4.78 is 0. The quantitative estimate of drug-likeness (QED) is 0.762. The Morgan fingerprint density at radius 1 is 0.750 bits per heavy atom. The number of rotatable bonds is 5. The maximum atomic E-state index is 5.00. The van der Waals surface area contributed by atoms with Gasteiger partial charge in [-0.2, -0.15) is 0 Å². The monoisotopic (exact) mass is 434 g/mol. The summed E-state index contributed by atoms with van der Waals surface area (Å²) in [6.45, 7) is 7.27. The largest absolute Gasteiger partial charge is 0.355 e. The summed E-state index contributed by atoms with van der Waals surface area (Å²) in [5.41, 5.74) is 2.24. The average molecular weight is 435 g/mol. The summed E-state index contributed by atoms with van der Waals surface area (Å²) in [6.07, 6.45) is 14.2. The molecule has 1 N–H and O–H groups in total. The van der Waals surface area contributed by atoms with Gasteiger partial charge in [-0.05, 0) is 83.0 Å². The molecular formula is C26H38N6. The average Bonchev–Trinajstić information content (AvgIpc) is 3.41. The summed E-state index contributed by atoms with van der Waals surface area (Å²) >= 11 is 0. The van der Waals surface area contributed by atoms with E-state index in [1.54, 1.807) is 0 Å². The minimum Gasteiger partial charge on any atom is -0.355 e. The number of aromatic nitrogens is 3. The molecule has 2 aromatic heterocycles. The van der Waals surface area contributed by atoms with Gasteiger partial charge in [-0.1, -0.05) is 6.07 Å². The first-order valence-corrected chi connectivity index (χ1v) is 13.1. The van der Waals surface area contributed by atoms with Gasteiger partial charge in [0, 0.05) is 56.1 Å². The zero-order valence-corrected chi connectivity index (χ0v) is 19.4. The highest BCUT2D eigenvalue weighted by molar-refractivity contribution is 5.54. The predicted molar refractivity (Wildman–Crippen MR) is 129 cm³/mol. The smallest absolute Gasteiger partial charge is 0.156 e. The van der Waals surface area contributed by atoms with Crippen LogP contribution >= 0.6 is 0 Å². The van der Waals surface area contributed by atoms with E-state index in [-0.39, 0.29) is 0 Å². The van der Waals surface area contributed by atoms with Crippen molar-refractivity contribution < 1.29 is 0 Å². The number of nitrogens with zero attached hydrogens (tertiary/aromatic N) is 5. The highest BCUT2D eigenvalue weighted by Gasteiger charge is 2.31. The number of nitrogens with one attached hydrogen (secondary N) is 1. The lowest BCUT2D eigenvalue weighted by atomic mass is 9.89. The molecule has 0 amide bonds. The lowest BCUT2D eigenvalue weighted by molar-refractivity contribution is 0.112. The van der Waals surface area contributed by atoms with E-state index in [2.05, 4.69) is 42.9 Å². The molecule has 6 nitrogen and oxygen atoms in total. The van der Waals surface area contributed by atoms with Crippen LogP contribution in [0.2, 0.25) is 0 Å². The van der Waals surface area contributed by atoms with Crippen LogP contribution in [0.4, 0.5) is 5.82 Å². The molecule has 2 aliphatic heterocycles. The summed E-state index contributed by atoms with van der Waals surface area (Å²) in [6, 6.07) is 8.05. The number of likely N-dealkylation sites (tertiary alicyclic amines) is 1. The minimum absolute atomic E-state index is 0.696. The highest BCUT2D eigenvalue weighted by Crippen LogP contribution is 2.39. The number of aromatic amines is 1. The van der Waals surface area contributed by atoms with Crippen molar-refractivity contribution in [2.75, 3.05) is 44.2 Å². The second-order valence-electron chi connectivity index (χ2n) is 10.4. The van der Waals surface area contributed by atoms with Crippen LogP contribution in [0.3, 0.4) is 0 Å². The summed E-state index contributed by atoms with van der Waals surface area (Å²) in [5, 5.41) is 0. The number of pyridine rings is 1. The van der Waals surface area contributed by atoms with E-state index in [1.807, 2.05) is 6.20 Å². The van der Waals surface area contributed by atoms with Gasteiger partial charge in [-0.15, -0.1) is 0 Å². The Kier molecular flexibility index (Phi) is 5.91. The molecule has 2 aliphatic carbocycles. The Morgan fingerprint density at radius 2 is 1.47 bits per heavy atom. The van der Waals surface area contributed by atoms with Gasteiger partial charge in [-0.3, -0.25) is 4.90 Å². The van der Waals surface area contributed by atoms with E-state index in [0.29, 0.717) is 5.92 Å². The van der Waals surface area contributed by atoms with Crippen molar-refractivity contribution in [1.29, 1.82) is 0 Å². The van der Waals surface area contributed by atoms with Crippen molar-refractivity contribution in [3.8, 4) is 11.5 Å². The second kappa shape index (κ2) is 9.14. The molecule has 0 unspecified atom stereocenters. The van der Waals surface area contributed by atoms with E-state index in [4.69, 9.17) is 4.98 Å². The Bertz CT molecular complexity index is 891. The minimum atomic E-state index is 0.696. The van der Waals surface area contributed by atoms with Crippen LogP contribution < -0.4 is 4.90 Å². The first-order chi connectivity index (χ1) is 15.8. The van der Waals surface area contributed by atoms with Crippen LogP contribution in [-0.4, -0.2) is 76.1 Å². The molecule has 2 aromatic rings. The van der Waals surface area contributed by atoms with Gasteiger partial charge in [0.2, 0.25) is 0 Å². The maximum Gasteiger partial charge on any atom is 0.156 e. The van der Waals surface area contributed by atoms with Crippen molar-refractivity contribution in [3.63, 3.8) is 0 Å². The third-order valence-electron chi connectivity index (χ3n) is 8.28. The van der Waals surface area contributed by atoms with Gasteiger partial charge in [0.05, 0.1) is 0 Å². The molecule has 172 valence electrons. The summed E-state index contributed by atoms with van der Waals surface area (Å²) in [5.74, 6) is 2.72. The van der Waals surface area contributed by atoms with Gasteiger partial charge < -0.3 is 14.8 Å². The second-order valence-corrected chi connectivity index (χ2v) is 10.4. The zero-order chi connectivity index (χ0) is 21.3. The van der Waals surface area contributed by atoms with Gasteiger partial charge in [-0.25, -0.2) is 9.97 Å². The Labute approximate surface area is 192 Å². The van der Waals surface area contributed by atoms with Crippen molar-refractivity contribution in [2.24, 2.45) is 0 Å². The normalized spacial score (nSPS) is 28.2. The fourth-order valence-corrected chi connectivity index (χ4v) is 6.23.